The molecular formula is C18H16N4O3S. The average Bonchev–Trinajstić information content (AvgIpc) is 3.06. The second kappa shape index (κ2) is 7.66. The molecule has 0 unspecified atom stereocenters. The third-order valence-electron chi connectivity index (χ3n) is 3.68. The predicted octanol–water partition coefficient (Wildman–Crippen LogP) is 2.64. The van der Waals surface area contributed by atoms with Crippen LogP contribution in [0.2, 0.25) is 0 Å². The first kappa shape index (κ1) is 17.4. The molecule has 0 saturated heterocycles. The summed E-state index contributed by atoms with van der Waals surface area (Å²) < 4.78 is 9.29. The Kier molecular flexibility index (Phi) is 5.14. The Balaban J connectivity index is 0.000000201. The van der Waals surface area contributed by atoms with Gasteiger partial charge in [0.15, 0.2) is 0 Å². The molecular weight excluding hydrogens is 352 g/mol. The maximum atomic E-state index is 11.1. The summed E-state index contributed by atoms with van der Waals surface area (Å²) >= 11 is 0.940. The van der Waals surface area contributed by atoms with Crippen molar-refractivity contribution in [2.75, 3.05) is 11.1 Å². The van der Waals surface area contributed by atoms with Crippen LogP contribution in [0.5, 0.6) is 5.75 Å². The van der Waals surface area contributed by atoms with E-state index in [0.717, 1.165) is 23.9 Å². The minimum absolute atomic E-state index is 0.214. The smallest absolute Gasteiger partial charge is 0.262 e. The van der Waals surface area contributed by atoms with Gasteiger partial charge in [-0.05, 0) is 35.3 Å². The van der Waals surface area contributed by atoms with Crippen molar-refractivity contribution in [1.82, 2.24) is 4.37 Å². The lowest BCUT2D eigenvalue weighted by molar-refractivity contribution is -0.105. The lowest BCUT2D eigenvalue weighted by Crippen LogP contribution is -2.11. The van der Waals surface area contributed by atoms with Crippen LogP contribution < -0.4 is 21.5 Å². The Morgan fingerprint density at radius 3 is 2.38 bits per heavy atom. The van der Waals surface area contributed by atoms with Crippen LogP contribution in [0.25, 0.3) is 11.3 Å². The molecule has 0 radical (unpaired) electrons. The van der Waals surface area contributed by atoms with Crippen molar-refractivity contribution < 1.29 is 14.3 Å². The van der Waals surface area contributed by atoms with Gasteiger partial charge >= 0.3 is 0 Å². The lowest BCUT2D eigenvalue weighted by Gasteiger charge is -2.11. The molecule has 2 aliphatic rings. The van der Waals surface area contributed by atoms with Gasteiger partial charge in [-0.15, -0.1) is 0 Å². The molecule has 0 saturated carbocycles. The van der Waals surface area contributed by atoms with E-state index in [1.807, 2.05) is 12.1 Å². The second-order valence-corrected chi connectivity index (χ2v) is 6.15. The van der Waals surface area contributed by atoms with E-state index in [-0.39, 0.29) is 10.6 Å². The van der Waals surface area contributed by atoms with E-state index >= 15 is 0 Å². The van der Waals surface area contributed by atoms with Crippen molar-refractivity contribution in [1.29, 1.82) is 0 Å². The van der Waals surface area contributed by atoms with Gasteiger partial charge in [-0.2, -0.15) is 4.37 Å². The van der Waals surface area contributed by atoms with Crippen LogP contribution in [0, 0.1) is 0 Å². The summed E-state index contributed by atoms with van der Waals surface area (Å²) in [5.41, 5.74) is 14.2. The van der Waals surface area contributed by atoms with Gasteiger partial charge in [-0.3, -0.25) is 9.59 Å². The molecule has 0 fully saturated rings. The third-order valence-corrected chi connectivity index (χ3v) is 4.55. The lowest BCUT2D eigenvalue weighted by atomic mass is 10.1. The summed E-state index contributed by atoms with van der Waals surface area (Å²) in [6.45, 7) is 0.766. The molecule has 2 amide bonds. The molecule has 1 aromatic heterocycles. The number of nitrogens with one attached hydrogen (secondary N) is 1. The fourth-order valence-corrected chi connectivity index (χ4v) is 3.06. The van der Waals surface area contributed by atoms with E-state index in [2.05, 4.69) is 21.8 Å². The number of primary amides is 1. The van der Waals surface area contributed by atoms with Crippen LogP contribution in [0.3, 0.4) is 0 Å². The number of amides is 2. The zero-order valence-electron chi connectivity index (χ0n) is 13.6. The fraction of sp³-hybridized carbons (Fsp3) is 0.0556. The summed E-state index contributed by atoms with van der Waals surface area (Å²) in [7, 11) is 0. The standard InChI is InChI=1S/C11H10N4O2S.C7H6O/c12-8-9(15-18-10(8)11(13)17)6-3-1-2-4-7(6)14-5-16;1-3-7-4-2-6(1)5-8-7/h1-5H,12H2,(H2,13,17)(H,14,16);1-4H,5H2. The molecule has 3 heterocycles. The van der Waals surface area contributed by atoms with Crippen LogP contribution in [-0.2, 0) is 11.4 Å². The van der Waals surface area contributed by atoms with E-state index in [4.69, 9.17) is 16.2 Å². The van der Waals surface area contributed by atoms with Gasteiger partial charge < -0.3 is 21.5 Å². The molecule has 2 aliphatic heterocycles. The maximum absolute atomic E-state index is 11.1. The van der Waals surface area contributed by atoms with E-state index in [0.29, 0.717) is 23.4 Å². The van der Waals surface area contributed by atoms with Crippen LogP contribution in [0.4, 0.5) is 11.4 Å². The first-order chi connectivity index (χ1) is 12.6. The number of ether oxygens (including phenoxy) is 1. The number of carbonyl (C=O) groups is 2. The quantitative estimate of drug-likeness (QED) is 0.611. The first-order valence-corrected chi connectivity index (χ1v) is 8.43. The Bertz CT molecular complexity index is 915. The minimum Gasteiger partial charge on any atom is -0.489 e. The highest BCUT2D eigenvalue weighted by atomic mass is 32.1. The van der Waals surface area contributed by atoms with Crippen molar-refractivity contribution in [3.8, 4) is 17.0 Å². The number of benzene rings is 2. The predicted molar refractivity (Wildman–Crippen MR) is 101 cm³/mol. The van der Waals surface area contributed by atoms with Gasteiger partial charge in [0.05, 0.1) is 11.4 Å². The van der Waals surface area contributed by atoms with Crippen molar-refractivity contribution in [2.24, 2.45) is 5.73 Å². The number of anilines is 2. The average molecular weight is 368 g/mol. The third kappa shape index (κ3) is 3.65. The van der Waals surface area contributed by atoms with Gasteiger partial charge in [0.1, 0.15) is 22.9 Å². The van der Waals surface area contributed by atoms with Crippen molar-refractivity contribution >= 4 is 35.2 Å². The van der Waals surface area contributed by atoms with E-state index in [9.17, 15) is 9.59 Å². The number of fused-ring (bicyclic) bond motifs is 3. The molecule has 3 aromatic rings. The SMILES string of the molecule is NC(=O)c1snc(-c2ccccc2NC=O)c1N.c1cc2ccc1CO2. The van der Waals surface area contributed by atoms with Gasteiger partial charge in [0, 0.05) is 5.56 Å². The van der Waals surface area contributed by atoms with Gasteiger partial charge in [0.25, 0.3) is 5.91 Å². The van der Waals surface area contributed by atoms with Gasteiger partial charge in [-0.25, -0.2) is 0 Å². The Hall–Kier alpha value is -3.39. The van der Waals surface area contributed by atoms with Gasteiger partial charge in [-0.1, -0.05) is 30.3 Å². The number of rotatable bonds is 4. The van der Waals surface area contributed by atoms with Crippen LogP contribution in [-0.4, -0.2) is 16.7 Å². The number of para-hydroxylation sites is 1. The van der Waals surface area contributed by atoms with E-state index in [1.165, 1.54) is 5.56 Å². The highest BCUT2D eigenvalue weighted by Gasteiger charge is 2.18. The summed E-state index contributed by atoms with van der Waals surface area (Å²) in [6, 6.07) is 15.2. The molecule has 0 spiro atoms. The molecule has 5 N–H and O–H groups in total. The van der Waals surface area contributed by atoms with Crippen molar-refractivity contribution in [2.45, 2.75) is 6.61 Å². The maximum Gasteiger partial charge on any atom is 0.262 e. The molecule has 0 aliphatic carbocycles. The molecule has 2 aromatic carbocycles. The number of hydrogen-bond acceptors (Lipinski definition) is 6. The van der Waals surface area contributed by atoms with Crippen molar-refractivity contribution in [3.05, 3.63) is 59.0 Å². The molecule has 7 nitrogen and oxygen atoms in total. The number of nitrogen functional groups attached to an aromatic ring is 1. The normalized spacial score (nSPS) is 11.1. The molecule has 5 rings (SSSR count). The fourth-order valence-electron chi connectivity index (χ4n) is 2.40. The number of carbonyl (C=O) groups excluding carboxylic acids is 2. The first-order valence-electron chi connectivity index (χ1n) is 7.66. The van der Waals surface area contributed by atoms with Crippen LogP contribution in [0.15, 0.2) is 48.5 Å². The van der Waals surface area contributed by atoms with Gasteiger partial charge in [0.2, 0.25) is 6.41 Å². The molecule has 2 bridgehead atoms. The van der Waals surface area contributed by atoms with E-state index < -0.39 is 5.91 Å². The largest absolute Gasteiger partial charge is 0.489 e. The van der Waals surface area contributed by atoms with E-state index in [1.54, 1.807) is 24.3 Å². The van der Waals surface area contributed by atoms with Crippen molar-refractivity contribution in [3.63, 3.8) is 0 Å². The number of aromatic nitrogens is 1. The monoisotopic (exact) mass is 368 g/mol. The number of hydrogen-bond donors (Lipinski definition) is 3. The second-order valence-electron chi connectivity index (χ2n) is 5.38. The van der Waals surface area contributed by atoms with Crippen LogP contribution in [0.1, 0.15) is 15.2 Å². The summed E-state index contributed by atoms with van der Waals surface area (Å²) in [4.78, 5) is 21.9. The zero-order chi connectivity index (χ0) is 18.5. The minimum atomic E-state index is -0.614. The molecule has 26 heavy (non-hydrogen) atoms. The molecule has 8 heteroatoms. The molecule has 132 valence electrons. The van der Waals surface area contributed by atoms with Crippen LogP contribution >= 0.6 is 11.5 Å². The Morgan fingerprint density at radius 1 is 1.19 bits per heavy atom. The summed E-state index contributed by atoms with van der Waals surface area (Å²) in [6.07, 6.45) is 0.566. The Labute approximate surface area is 153 Å². The zero-order valence-corrected chi connectivity index (χ0v) is 14.5. The number of nitrogens with zero attached hydrogens (tertiary/aromatic N) is 1. The number of nitrogens with two attached hydrogens (primary N) is 2. The topological polar surface area (TPSA) is 120 Å². The highest BCUT2D eigenvalue weighted by molar-refractivity contribution is 7.09. The molecule has 0 atom stereocenters. The Morgan fingerprint density at radius 2 is 1.92 bits per heavy atom. The highest BCUT2D eigenvalue weighted by Crippen LogP contribution is 2.34. The summed E-state index contributed by atoms with van der Waals surface area (Å²) in [5, 5.41) is 2.55. The summed E-state index contributed by atoms with van der Waals surface area (Å²) in [5.74, 6) is 0.372.